The summed E-state index contributed by atoms with van der Waals surface area (Å²) >= 11 is 6.02. The summed E-state index contributed by atoms with van der Waals surface area (Å²) in [7, 11) is 1.80. The molecule has 1 saturated heterocycles. The summed E-state index contributed by atoms with van der Waals surface area (Å²) in [5.74, 6) is -0.211. The Balaban J connectivity index is 1.42. The predicted molar refractivity (Wildman–Crippen MR) is 116 cm³/mol. The molecule has 1 aromatic heterocycles. The molecular formula is C22H25ClF4N4O. The van der Waals surface area contributed by atoms with Gasteiger partial charge in [-0.1, -0.05) is 23.7 Å². The summed E-state index contributed by atoms with van der Waals surface area (Å²) in [5.41, 5.74) is -0.372. The van der Waals surface area contributed by atoms with Gasteiger partial charge in [0.1, 0.15) is 11.6 Å². The van der Waals surface area contributed by atoms with Gasteiger partial charge in [0, 0.05) is 45.3 Å². The first kappa shape index (κ1) is 24.1. The zero-order valence-corrected chi connectivity index (χ0v) is 18.4. The number of anilines is 2. The summed E-state index contributed by atoms with van der Waals surface area (Å²) in [6.07, 6.45) is -1.94. The molecule has 0 aliphatic carbocycles. The standard InChI is InChI=1S/C22H25ClF4N4O/c1-30(19-6-3-2-5-18(19)24)10-4-9-28-21(32)15-7-11-31(12-8-15)20-17(23)13-16(14-29-20)22(25,26)27/h2-3,5-6,13-15H,4,7-12H2,1H3,(H,28,32). The third-order valence-corrected chi connectivity index (χ3v) is 5.83. The lowest BCUT2D eigenvalue weighted by molar-refractivity contribution is -0.137. The molecule has 10 heteroatoms. The first-order valence-corrected chi connectivity index (χ1v) is 10.8. The smallest absolute Gasteiger partial charge is 0.372 e. The molecule has 0 radical (unpaired) electrons. The molecule has 5 nitrogen and oxygen atoms in total. The molecule has 1 N–H and O–H groups in total. The number of pyridine rings is 1. The fraction of sp³-hybridized carbons (Fsp3) is 0.455. The number of aromatic nitrogens is 1. The Morgan fingerprint density at radius 3 is 2.59 bits per heavy atom. The van der Waals surface area contributed by atoms with Crippen molar-refractivity contribution in [3.05, 3.63) is 52.9 Å². The van der Waals surface area contributed by atoms with Crippen LogP contribution in [0, 0.1) is 11.7 Å². The van der Waals surface area contributed by atoms with Gasteiger partial charge in [-0.3, -0.25) is 4.79 Å². The number of halogens is 5. The highest BCUT2D eigenvalue weighted by Gasteiger charge is 2.33. The number of amides is 1. The van der Waals surface area contributed by atoms with E-state index in [2.05, 4.69) is 10.3 Å². The van der Waals surface area contributed by atoms with Gasteiger partial charge < -0.3 is 15.1 Å². The zero-order valence-electron chi connectivity index (χ0n) is 17.6. The second kappa shape index (κ2) is 10.4. The van der Waals surface area contributed by atoms with E-state index in [4.69, 9.17) is 11.6 Å². The fourth-order valence-electron chi connectivity index (χ4n) is 3.73. The van der Waals surface area contributed by atoms with Crippen molar-refractivity contribution in [3.8, 4) is 0 Å². The first-order valence-electron chi connectivity index (χ1n) is 10.4. The Morgan fingerprint density at radius 1 is 1.28 bits per heavy atom. The molecule has 32 heavy (non-hydrogen) atoms. The number of hydrogen-bond donors (Lipinski definition) is 1. The number of benzene rings is 1. The molecule has 0 spiro atoms. The number of hydrogen-bond acceptors (Lipinski definition) is 4. The van der Waals surface area contributed by atoms with Crippen molar-refractivity contribution in [2.45, 2.75) is 25.4 Å². The lowest BCUT2D eigenvalue weighted by atomic mass is 9.96. The molecule has 1 fully saturated rings. The number of nitrogens with one attached hydrogen (secondary N) is 1. The number of carbonyl (C=O) groups is 1. The van der Waals surface area contributed by atoms with E-state index >= 15 is 0 Å². The quantitative estimate of drug-likeness (QED) is 0.466. The number of piperidine rings is 1. The highest BCUT2D eigenvalue weighted by molar-refractivity contribution is 6.33. The van der Waals surface area contributed by atoms with Crippen LogP contribution in [0.1, 0.15) is 24.8 Å². The maximum absolute atomic E-state index is 13.8. The highest BCUT2D eigenvalue weighted by Crippen LogP contribution is 2.34. The minimum atomic E-state index is -4.50. The van der Waals surface area contributed by atoms with Crippen LogP contribution in [-0.4, -0.2) is 44.1 Å². The summed E-state index contributed by atoms with van der Waals surface area (Å²) in [6, 6.07) is 7.41. The van der Waals surface area contributed by atoms with E-state index < -0.39 is 11.7 Å². The maximum Gasteiger partial charge on any atom is 0.417 e. The van der Waals surface area contributed by atoms with E-state index in [9.17, 15) is 22.4 Å². The van der Waals surface area contributed by atoms with Gasteiger partial charge in [0.15, 0.2) is 0 Å². The van der Waals surface area contributed by atoms with Crippen molar-refractivity contribution in [2.75, 3.05) is 43.0 Å². The first-order chi connectivity index (χ1) is 15.2. The second-order valence-electron chi connectivity index (χ2n) is 7.81. The van der Waals surface area contributed by atoms with Crippen LogP contribution in [-0.2, 0) is 11.0 Å². The van der Waals surface area contributed by atoms with Crippen molar-refractivity contribution >= 4 is 29.0 Å². The normalized spacial score (nSPS) is 15.0. The number of carbonyl (C=O) groups excluding carboxylic acids is 1. The van der Waals surface area contributed by atoms with Gasteiger partial charge in [0.25, 0.3) is 0 Å². The SMILES string of the molecule is CN(CCCNC(=O)C1CCN(c2ncc(C(F)(F)F)cc2Cl)CC1)c1ccccc1F. The minimum absolute atomic E-state index is 0.0512. The van der Waals surface area contributed by atoms with E-state index in [0.29, 0.717) is 56.9 Å². The summed E-state index contributed by atoms with van der Waals surface area (Å²) in [4.78, 5) is 20.0. The van der Waals surface area contributed by atoms with Crippen LogP contribution in [0.15, 0.2) is 36.5 Å². The summed E-state index contributed by atoms with van der Waals surface area (Å²) < 4.78 is 52.1. The maximum atomic E-state index is 13.8. The van der Waals surface area contributed by atoms with Crippen molar-refractivity contribution in [1.82, 2.24) is 10.3 Å². The van der Waals surface area contributed by atoms with E-state index in [-0.39, 0.29) is 22.7 Å². The minimum Gasteiger partial charge on any atom is -0.372 e. The van der Waals surface area contributed by atoms with Crippen LogP contribution in [0.3, 0.4) is 0 Å². The zero-order chi connectivity index (χ0) is 23.3. The van der Waals surface area contributed by atoms with Gasteiger partial charge in [-0.15, -0.1) is 0 Å². The molecule has 1 aliphatic rings. The molecule has 0 saturated carbocycles. The average molecular weight is 473 g/mol. The van der Waals surface area contributed by atoms with Gasteiger partial charge in [0.05, 0.1) is 16.3 Å². The van der Waals surface area contributed by atoms with E-state index in [1.54, 1.807) is 35.0 Å². The number of para-hydroxylation sites is 1. The molecule has 1 aliphatic heterocycles. The van der Waals surface area contributed by atoms with Gasteiger partial charge in [-0.25, -0.2) is 9.37 Å². The monoisotopic (exact) mass is 472 g/mol. The molecule has 0 atom stereocenters. The van der Waals surface area contributed by atoms with Gasteiger partial charge in [-0.05, 0) is 37.5 Å². The average Bonchev–Trinajstić information content (AvgIpc) is 2.76. The Labute approximate surface area is 189 Å². The molecule has 3 rings (SSSR count). The topological polar surface area (TPSA) is 48.5 Å². The van der Waals surface area contributed by atoms with Crippen LogP contribution in [0.5, 0.6) is 0 Å². The Bertz CT molecular complexity index is 932. The lowest BCUT2D eigenvalue weighted by Gasteiger charge is -2.32. The third kappa shape index (κ3) is 6.03. The Hall–Kier alpha value is -2.55. The molecule has 174 valence electrons. The van der Waals surface area contributed by atoms with Gasteiger partial charge in [-0.2, -0.15) is 13.2 Å². The molecule has 2 aromatic rings. The number of rotatable bonds is 7. The predicted octanol–water partition coefficient (Wildman–Crippen LogP) is 4.75. The lowest BCUT2D eigenvalue weighted by Crippen LogP contribution is -2.41. The second-order valence-corrected chi connectivity index (χ2v) is 8.21. The molecule has 1 amide bonds. The van der Waals surface area contributed by atoms with Crippen molar-refractivity contribution in [3.63, 3.8) is 0 Å². The van der Waals surface area contributed by atoms with E-state index in [0.717, 1.165) is 12.3 Å². The molecule has 0 unspecified atom stereocenters. The molecule has 2 heterocycles. The number of alkyl halides is 3. The van der Waals surface area contributed by atoms with E-state index in [1.165, 1.54) is 6.07 Å². The van der Waals surface area contributed by atoms with Crippen molar-refractivity contribution < 1.29 is 22.4 Å². The van der Waals surface area contributed by atoms with Crippen LogP contribution < -0.4 is 15.1 Å². The fourth-order valence-corrected chi connectivity index (χ4v) is 4.01. The van der Waals surface area contributed by atoms with E-state index in [1.807, 2.05) is 0 Å². The number of nitrogens with zero attached hydrogens (tertiary/aromatic N) is 3. The van der Waals surface area contributed by atoms with Crippen LogP contribution >= 0.6 is 11.6 Å². The van der Waals surface area contributed by atoms with Crippen molar-refractivity contribution in [1.29, 1.82) is 0 Å². The molecular weight excluding hydrogens is 448 g/mol. The molecule has 0 bridgehead atoms. The summed E-state index contributed by atoms with van der Waals surface area (Å²) in [5, 5.41) is 2.87. The van der Waals surface area contributed by atoms with Gasteiger partial charge >= 0.3 is 6.18 Å². The Kier molecular flexibility index (Phi) is 7.82. The van der Waals surface area contributed by atoms with Crippen LogP contribution in [0.2, 0.25) is 5.02 Å². The summed E-state index contributed by atoms with van der Waals surface area (Å²) in [6.45, 7) is 2.03. The Morgan fingerprint density at radius 2 is 1.97 bits per heavy atom. The third-order valence-electron chi connectivity index (χ3n) is 5.55. The van der Waals surface area contributed by atoms with Crippen molar-refractivity contribution in [2.24, 2.45) is 5.92 Å². The van der Waals surface area contributed by atoms with Gasteiger partial charge in [0.2, 0.25) is 5.91 Å². The highest BCUT2D eigenvalue weighted by atomic mass is 35.5. The van der Waals surface area contributed by atoms with Crippen LogP contribution in [0.25, 0.3) is 0 Å². The largest absolute Gasteiger partial charge is 0.417 e. The van der Waals surface area contributed by atoms with Crippen LogP contribution in [0.4, 0.5) is 29.1 Å². The molecule has 1 aromatic carbocycles.